The van der Waals surface area contributed by atoms with Crippen LogP contribution in [-0.2, 0) is 14.3 Å². The molecule has 1 aromatic carbocycles. The van der Waals surface area contributed by atoms with Crippen LogP contribution >= 0.6 is 11.6 Å². The number of rotatable bonds is 5. The number of benzene rings is 1. The lowest BCUT2D eigenvalue weighted by atomic mass is 9.84. The Morgan fingerprint density at radius 2 is 1.73 bits per heavy atom. The second-order valence-electron chi connectivity index (χ2n) is 9.18. The molecule has 0 aliphatic carbocycles. The van der Waals surface area contributed by atoms with Crippen molar-refractivity contribution in [1.29, 1.82) is 0 Å². The molecule has 0 radical (unpaired) electrons. The van der Waals surface area contributed by atoms with Gasteiger partial charge in [0.2, 0.25) is 5.91 Å². The number of nitrogens with zero attached hydrogens (tertiary/aromatic N) is 2. The molecule has 8 heteroatoms. The Kier molecular flexibility index (Phi) is 7.27. The number of halogens is 1. The molecular weight excluding hydrogens is 442 g/mol. The van der Waals surface area contributed by atoms with Crippen molar-refractivity contribution in [2.24, 2.45) is 17.8 Å². The molecule has 2 aliphatic heterocycles. The van der Waals surface area contributed by atoms with E-state index in [2.05, 4.69) is 4.98 Å². The van der Waals surface area contributed by atoms with E-state index in [1.165, 1.54) is 0 Å². The predicted octanol–water partition coefficient (Wildman–Crippen LogP) is 4.11. The molecular formula is C25H32ClN3O4. The number of nitrogens with one attached hydrogen (secondary N) is 1. The average Bonchev–Trinajstić information content (AvgIpc) is 3.26. The first kappa shape index (κ1) is 23.6. The lowest BCUT2D eigenvalue weighted by Gasteiger charge is -2.37. The Balaban J connectivity index is 1.28. The average molecular weight is 474 g/mol. The first-order valence-electron chi connectivity index (χ1n) is 11.9. The second-order valence-corrected chi connectivity index (χ2v) is 9.62. The summed E-state index contributed by atoms with van der Waals surface area (Å²) in [5, 5.41) is 1.57. The third-order valence-electron chi connectivity index (χ3n) is 7.16. The lowest BCUT2D eigenvalue weighted by molar-refractivity contribution is -0.152. The number of H-pyrrole nitrogens is 1. The van der Waals surface area contributed by atoms with Gasteiger partial charge in [0, 0.05) is 48.0 Å². The Morgan fingerprint density at radius 3 is 2.39 bits per heavy atom. The van der Waals surface area contributed by atoms with Crippen molar-refractivity contribution >= 4 is 40.3 Å². The van der Waals surface area contributed by atoms with Crippen LogP contribution in [0.3, 0.4) is 0 Å². The van der Waals surface area contributed by atoms with Crippen molar-refractivity contribution in [3.8, 4) is 0 Å². The van der Waals surface area contributed by atoms with Crippen LogP contribution < -0.4 is 0 Å². The van der Waals surface area contributed by atoms with E-state index in [0.29, 0.717) is 56.3 Å². The molecule has 0 saturated carbocycles. The monoisotopic (exact) mass is 473 g/mol. The van der Waals surface area contributed by atoms with Gasteiger partial charge in [-0.1, -0.05) is 18.5 Å². The van der Waals surface area contributed by atoms with E-state index in [9.17, 15) is 14.4 Å². The second kappa shape index (κ2) is 10.2. The number of esters is 1. The van der Waals surface area contributed by atoms with Gasteiger partial charge >= 0.3 is 5.97 Å². The van der Waals surface area contributed by atoms with Crippen molar-refractivity contribution in [2.45, 2.75) is 39.5 Å². The topological polar surface area (TPSA) is 82.7 Å². The quantitative estimate of drug-likeness (QED) is 0.662. The number of hydrogen-bond acceptors (Lipinski definition) is 4. The maximum atomic E-state index is 13.1. The van der Waals surface area contributed by atoms with Crippen LogP contribution in [0.5, 0.6) is 0 Å². The Hall–Kier alpha value is -2.54. The highest BCUT2D eigenvalue weighted by Gasteiger charge is 2.35. The smallest absolute Gasteiger partial charge is 0.309 e. The fourth-order valence-corrected chi connectivity index (χ4v) is 5.26. The van der Waals surface area contributed by atoms with Gasteiger partial charge < -0.3 is 19.5 Å². The van der Waals surface area contributed by atoms with Gasteiger partial charge in [-0.05, 0) is 62.8 Å². The van der Waals surface area contributed by atoms with Gasteiger partial charge in [-0.3, -0.25) is 14.4 Å². The molecule has 0 unspecified atom stereocenters. The van der Waals surface area contributed by atoms with Gasteiger partial charge in [-0.25, -0.2) is 0 Å². The molecule has 1 N–H and O–H groups in total. The van der Waals surface area contributed by atoms with E-state index in [0.717, 1.165) is 23.7 Å². The van der Waals surface area contributed by atoms with Crippen LogP contribution in [0, 0.1) is 17.8 Å². The first-order chi connectivity index (χ1) is 15.9. The van der Waals surface area contributed by atoms with E-state index >= 15 is 0 Å². The molecule has 2 saturated heterocycles. The summed E-state index contributed by atoms with van der Waals surface area (Å²) < 4.78 is 5.12. The fourth-order valence-electron chi connectivity index (χ4n) is 5.08. The summed E-state index contributed by atoms with van der Waals surface area (Å²) in [6, 6.07) is 7.38. The summed E-state index contributed by atoms with van der Waals surface area (Å²) in [7, 11) is 0. The van der Waals surface area contributed by atoms with Crippen LogP contribution in [0.4, 0.5) is 0 Å². The largest absolute Gasteiger partial charge is 0.466 e. The SMILES string of the molecule is CCOC(=O)C1CCN(C(=O)[C@H](C)C2CCN(C(=O)c3cc4cc(Cl)ccc4[nH]3)CC2)CC1. The van der Waals surface area contributed by atoms with Crippen molar-refractivity contribution in [3.63, 3.8) is 0 Å². The van der Waals surface area contributed by atoms with Crippen molar-refractivity contribution in [1.82, 2.24) is 14.8 Å². The van der Waals surface area contributed by atoms with Gasteiger partial charge in [0.25, 0.3) is 5.91 Å². The summed E-state index contributed by atoms with van der Waals surface area (Å²) in [5.41, 5.74) is 1.46. The van der Waals surface area contributed by atoms with Crippen molar-refractivity contribution in [3.05, 3.63) is 35.0 Å². The highest BCUT2D eigenvalue weighted by Crippen LogP contribution is 2.29. The van der Waals surface area contributed by atoms with Crippen LogP contribution in [0.2, 0.25) is 5.02 Å². The molecule has 2 fully saturated rings. The highest BCUT2D eigenvalue weighted by molar-refractivity contribution is 6.31. The lowest BCUT2D eigenvalue weighted by Crippen LogP contribution is -2.46. The summed E-state index contributed by atoms with van der Waals surface area (Å²) >= 11 is 6.06. The number of carbonyl (C=O) groups excluding carboxylic acids is 3. The molecule has 1 atom stereocenters. The van der Waals surface area contributed by atoms with E-state index in [1.54, 1.807) is 6.07 Å². The fraction of sp³-hybridized carbons (Fsp3) is 0.560. The first-order valence-corrected chi connectivity index (χ1v) is 12.3. The zero-order valence-electron chi connectivity index (χ0n) is 19.3. The number of piperidine rings is 2. The van der Waals surface area contributed by atoms with Gasteiger partial charge in [-0.15, -0.1) is 0 Å². The minimum atomic E-state index is -0.146. The number of aromatic amines is 1. The molecule has 33 heavy (non-hydrogen) atoms. The number of aromatic nitrogens is 1. The maximum Gasteiger partial charge on any atom is 0.309 e. The molecule has 2 aliphatic rings. The normalized spacial score (nSPS) is 19.0. The number of amides is 2. The van der Waals surface area contributed by atoms with Crippen molar-refractivity contribution in [2.75, 3.05) is 32.8 Å². The van der Waals surface area contributed by atoms with Crippen LogP contribution in [0.25, 0.3) is 10.9 Å². The van der Waals surface area contributed by atoms with Crippen LogP contribution in [0.15, 0.2) is 24.3 Å². The molecule has 2 amide bonds. The molecule has 178 valence electrons. The van der Waals surface area contributed by atoms with Gasteiger partial charge in [0.1, 0.15) is 5.69 Å². The highest BCUT2D eigenvalue weighted by atomic mass is 35.5. The van der Waals surface area contributed by atoms with Gasteiger partial charge in [0.15, 0.2) is 0 Å². The molecule has 3 heterocycles. The number of likely N-dealkylation sites (tertiary alicyclic amines) is 2. The Bertz CT molecular complexity index is 1020. The number of fused-ring (bicyclic) bond motifs is 1. The number of carbonyl (C=O) groups is 3. The predicted molar refractivity (Wildman–Crippen MR) is 127 cm³/mol. The molecule has 0 bridgehead atoms. The van der Waals surface area contributed by atoms with E-state index < -0.39 is 0 Å². The molecule has 0 spiro atoms. The van der Waals surface area contributed by atoms with Crippen LogP contribution in [0.1, 0.15) is 50.0 Å². The van der Waals surface area contributed by atoms with E-state index in [4.69, 9.17) is 16.3 Å². The summed E-state index contributed by atoms with van der Waals surface area (Å²) in [6.07, 6.45) is 2.95. The number of hydrogen-bond donors (Lipinski definition) is 1. The molecule has 7 nitrogen and oxygen atoms in total. The third-order valence-corrected chi connectivity index (χ3v) is 7.40. The maximum absolute atomic E-state index is 13.1. The third kappa shape index (κ3) is 5.18. The molecule has 4 rings (SSSR count). The van der Waals surface area contributed by atoms with Crippen LogP contribution in [-0.4, -0.2) is 65.4 Å². The minimum Gasteiger partial charge on any atom is -0.466 e. The summed E-state index contributed by atoms with van der Waals surface area (Å²) in [6.45, 7) is 6.70. The van der Waals surface area contributed by atoms with E-state index in [-0.39, 0.29) is 35.5 Å². The van der Waals surface area contributed by atoms with E-state index in [1.807, 2.05) is 41.8 Å². The number of ether oxygens (including phenoxy) is 1. The Labute approximate surface area is 199 Å². The summed E-state index contributed by atoms with van der Waals surface area (Å²) in [4.78, 5) is 45.0. The summed E-state index contributed by atoms with van der Waals surface area (Å²) in [5.74, 6) is 0.0739. The van der Waals surface area contributed by atoms with Gasteiger partial charge in [0.05, 0.1) is 12.5 Å². The molecule has 2 aromatic rings. The van der Waals surface area contributed by atoms with Crippen molar-refractivity contribution < 1.29 is 19.1 Å². The Morgan fingerprint density at radius 1 is 1.06 bits per heavy atom. The minimum absolute atomic E-state index is 0.0132. The zero-order chi connectivity index (χ0) is 23.5. The van der Waals surface area contributed by atoms with Gasteiger partial charge in [-0.2, -0.15) is 0 Å². The standard InChI is InChI=1S/C25H32ClN3O4/c1-3-33-25(32)18-8-12-28(13-9-18)23(30)16(2)17-6-10-29(11-7-17)24(31)22-15-19-14-20(26)4-5-21(19)27-22/h4-5,14-18,27H,3,6-13H2,1-2H3/t16-/m1/s1. The zero-order valence-corrected chi connectivity index (χ0v) is 20.1. The molecule has 1 aromatic heterocycles.